The molecule has 0 fully saturated rings. The molecule has 2 nitrogen and oxygen atoms in total. The molecule has 0 bridgehead atoms. The zero-order valence-corrected chi connectivity index (χ0v) is 7.11. The summed E-state index contributed by atoms with van der Waals surface area (Å²) in [6, 6.07) is 4.00. The molecule has 4 heteroatoms. The zero-order chi connectivity index (χ0) is 9.97. The van der Waals surface area contributed by atoms with Gasteiger partial charge in [0.2, 0.25) is 0 Å². The van der Waals surface area contributed by atoms with Gasteiger partial charge in [0, 0.05) is 23.5 Å². The predicted molar refractivity (Wildman–Crippen MR) is 47.4 cm³/mol. The second-order valence-electron chi connectivity index (χ2n) is 2.73. The normalized spacial score (nSPS) is 10.1. The Morgan fingerprint density at radius 1 is 1.00 bits per heavy atom. The number of nitrogens with zero attached hydrogens (tertiary/aromatic N) is 2. The van der Waals surface area contributed by atoms with Crippen LogP contribution in [0.2, 0.25) is 0 Å². The SMILES string of the molecule is Fc1cccc(-c2cncnc2)c1F. The van der Waals surface area contributed by atoms with E-state index in [1.807, 2.05) is 0 Å². The summed E-state index contributed by atoms with van der Waals surface area (Å²) < 4.78 is 26.1. The Morgan fingerprint density at radius 3 is 2.43 bits per heavy atom. The first-order valence-electron chi connectivity index (χ1n) is 3.98. The maximum atomic E-state index is 13.3. The molecule has 2 aromatic rings. The fourth-order valence-electron chi connectivity index (χ4n) is 1.16. The molecule has 1 aromatic heterocycles. The van der Waals surface area contributed by atoms with E-state index in [4.69, 9.17) is 0 Å². The van der Waals surface area contributed by atoms with Gasteiger partial charge in [0.25, 0.3) is 0 Å². The van der Waals surface area contributed by atoms with Crippen LogP contribution in [-0.4, -0.2) is 9.97 Å². The lowest BCUT2D eigenvalue weighted by atomic mass is 10.1. The standard InChI is InChI=1S/C10H6F2N2/c11-9-3-1-2-8(10(9)12)7-4-13-6-14-5-7/h1-6H. The molecular weight excluding hydrogens is 186 g/mol. The van der Waals surface area contributed by atoms with Gasteiger partial charge in [-0.1, -0.05) is 12.1 Å². The summed E-state index contributed by atoms with van der Waals surface area (Å²) in [4.78, 5) is 7.46. The van der Waals surface area contributed by atoms with E-state index >= 15 is 0 Å². The van der Waals surface area contributed by atoms with E-state index < -0.39 is 11.6 Å². The van der Waals surface area contributed by atoms with Crippen LogP contribution in [0.15, 0.2) is 36.9 Å². The molecule has 1 aromatic carbocycles. The summed E-state index contributed by atoms with van der Waals surface area (Å²) in [5, 5.41) is 0. The smallest absolute Gasteiger partial charge is 0.166 e. The Balaban J connectivity index is 2.58. The van der Waals surface area contributed by atoms with Crippen molar-refractivity contribution in [1.82, 2.24) is 9.97 Å². The lowest BCUT2D eigenvalue weighted by Crippen LogP contribution is -1.90. The largest absolute Gasteiger partial charge is 0.244 e. The minimum absolute atomic E-state index is 0.172. The average molecular weight is 192 g/mol. The van der Waals surface area contributed by atoms with E-state index in [0.29, 0.717) is 5.56 Å². The minimum Gasteiger partial charge on any atom is -0.244 e. The molecule has 0 atom stereocenters. The molecule has 2 rings (SSSR count). The number of rotatable bonds is 1. The van der Waals surface area contributed by atoms with Gasteiger partial charge in [-0.15, -0.1) is 0 Å². The molecule has 0 spiro atoms. The van der Waals surface area contributed by atoms with Crippen LogP contribution in [0.25, 0.3) is 11.1 Å². The van der Waals surface area contributed by atoms with Crippen molar-refractivity contribution in [3.8, 4) is 11.1 Å². The summed E-state index contributed by atoms with van der Waals surface area (Å²) >= 11 is 0. The van der Waals surface area contributed by atoms with Crippen molar-refractivity contribution in [3.63, 3.8) is 0 Å². The molecule has 0 aliphatic carbocycles. The highest BCUT2D eigenvalue weighted by atomic mass is 19.2. The van der Waals surface area contributed by atoms with Crippen LogP contribution in [0.1, 0.15) is 0 Å². The topological polar surface area (TPSA) is 25.8 Å². The second-order valence-corrected chi connectivity index (χ2v) is 2.73. The number of benzene rings is 1. The summed E-state index contributed by atoms with van der Waals surface area (Å²) in [7, 11) is 0. The molecule has 0 saturated carbocycles. The van der Waals surface area contributed by atoms with Gasteiger partial charge in [0.1, 0.15) is 6.33 Å². The van der Waals surface area contributed by atoms with Crippen molar-refractivity contribution in [2.45, 2.75) is 0 Å². The molecule has 1 heterocycles. The Kier molecular flexibility index (Phi) is 2.18. The minimum atomic E-state index is -0.873. The second kappa shape index (κ2) is 3.49. The third-order valence-electron chi connectivity index (χ3n) is 1.82. The van der Waals surface area contributed by atoms with Crippen LogP contribution < -0.4 is 0 Å². The molecule has 0 aliphatic rings. The first-order valence-corrected chi connectivity index (χ1v) is 3.98. The predicted octanol–water partition coefficient (Wildman–Crippen LogP) is 2.42. The quantitative estimate of drug-likeness (QED) is 0.693. The zero-order valence-electron chi connectivity index (χ0n) is 7.11. The maximum Gasteiger partial charge on any atom is 0.166 e. The highest BCUT2D eigenvalue weighted by Crippen LogP contribution is 2.22. The van der Waals surface area contributed by atoms with E-state index in [1.165, 1.54) is 30.9 Å². The monoisotopic (exact) mass is 192 g/mol. The van der Waals surface area contributed by atoms with Gasteiger partial charge < -0.3 is 0 Å². The summed E-state index contributed by atoms with van der Waals surface area (Å²) in [5.41, 5.74) is 0.634. The van der Waals surface area contributed by atoms with Crippen molar-refractivity contribution < 1.29 is 8.78 Å². The Bertz CT molecular complexity index is 443. The summed E-state index contributed by atoms with van der Waals surface area (Å²) in [6.45, 7) is 0. The van der Waals surface area contributed by atoms with Gasteiger partial charge in [0.15, 0.2) is 11.6 Å². The van der Waals surface area contributed by atoms with Crippen molar-refractivity contribution in [3.05, 3.63) is 48.6 Å². The molecule has 0 radical (unpaired) electrons. The highest BCUT2D eigenvalue weighted by molar-refractivity contribution is 5.61. The molecule has 70 valence electrons. The molecule has 0 unspecified atom stereocenters. The van der Waals surface area contributed by atoms with E-state index in [9.17, 15) is 8.78 Å². The Hall–Kier alpha value is -1.84. The number of hydrogen-bond donors (Lipinski definition) is 0. The molecule has 0 saturated heterocycles. The van der Waals surface area contributed by atoms with Crippen LogP contribution in [0, 0.1) is 11.6 Å². The van der Waals surface area contributed by atoms with Crippen LogP contribution >= 0.6 is 0 Å². The Morgan fingerprint density at radius 2 is 1.71 bits per heavy atom. The van der Waals surface area contributed by atoms with Gasteiger partial charge in [-0.3, -0.25) is 0 Å². The molecule has 0 amide bonds. The third kappa shape index (κ3) is 1.46. The maximum absolute atomic E-state index is 13.3. The van der Waals surface area contributed by atoms with Gasteiger partial charge in [-0.2, -0.15) is 0 Å². The van der Waals surface area contributed by atoms with E-state index in [-0.39, 0.29) is 5.56 Å². The molecule has 14 heavy (non-hydrogen) atoms. The van der Waals surface area contributed by atoms with Crippen molar-refractivity contribution in [1.29, 1.82) is 0 Å². The number of aromatic nitrogens is 2. The van der Waals surface area contributed by atoms with E-state index in [2.05, 4.69) is 9.97 Å². The summed E-state index contributed by atoms with van der Waals surface area (Å²) in [6.07, 6.45) is 4.20. The van der Waals surface area contributed by atoms with Gasteiger partial charge in [0.05, 0.1) is 0 Å². The van der Waals surface area contributed by atoms with E-state index in [0.717, 1.165) is 6.07 Å². The van der Waals surface area contributed by atoms with Crippen molar-refractivity contribution in [2.75, 3.05) is 0 Å². The third-order valence-corrected chi connectivity index (χ3v) is 1.82. The fourth-order valence-corrected chi connectivity index (χ4v) is 1.16. The first kappa shape index (κ1) is 8.74. The lowest BCUT2D eigenvalue weighted by molar-refractivity contribution is 0.511. The van der Waals surface area contributed by atoms with Gasteiger partial charge in [-0.05, 0) is 6.07 Å². The number of hydrogen-bond acceptors (Lipinski definition) is 2. The molecular formula is C10H6F2N2. The van der Waals surface area contributed by atoms with Crippen LogP contribution in [0.4, 0.5) is 8.78 Å². The molecule has 0 aliphatic heterocycles. The van der Waals surface area contributed by atoms with Crippen molar-refractivity contribution in [2.24, 2.45) is 0 Å². The van der Waals surface area contributed by atoms with Gasteiger partial charge >= 0.3 is 0 Å². The fraction of sp³-hybridized carbons (Fsp3) is 0. The van der Waals surface area contributed by atoms with Crippen LogP contribution in [-0.2, 0) is 0 Å². The lowest BCUT2D eigenvalue weighted by Gasteiger charge is -2.01. The summed E-state index contributed by atoms with van der Waals surface area (Å²) in [5.74, 6) is -1.74. The van der Waals surface area contributed by atoms with Crippen LogP contribution in [0.3, 0.4) is 0 Å². The van der Waals surface area contributed by atoms with Gasteiger partial charge in [-0.25, -0.2) is 18.7 Å². The van der Waals surface area contributed by atoms with Crippen LogP contribution in [0.5, 0.6) is 0 Å². The highest BCUT2D eigenvalue weighted by Gasteiger charge is 2.09. The van der Waals surface area contributed by atoms with E-state index in [1.54, 1.807) is 0 Å². The number of halogens is 2. The Labute approximate surface area is 79.3 Å². The van der Waals surface area contributed by atoms with Crippen molar-refractivity contribution >= 4 is 0 Å². The molecule has 0 N–H and O–H groups in total. The first-order chi connectivity index (χ1) is 6.79. The average Bonchev–Trinajstić information content (AvgIpc) is 2.23.